The Labute approximate surface area is 127 Å². The molecule has 0 atom stereocenters. The van der Waals surface area contributed by atoms with Crippen molar-refractivity contribution in [3.63, 3.8) is 0 Å². The summed E-state index contributed by atoms with van der Waals surface area (Å²) >= 11 is 5.99. The van der Waals surface area contributed by atoms with Crippen molar-refractivity contribution in [3.05, 3.63) is 32.8 Å². The number of hydrogen-bond acceptors (Lipinski definition) is 5. The number of aliphatic hydroxyl groups is 1. The Balaban J connectivity index is 3.23. The van der Waals surface area contributed by atoms with E-state index in [9.17, 15) is 14.9 Å². The van der Waals surface area contributed by atoms with Crippen LogP contribution in [0.3, 0.4) is 0 Å². The van der Waals surface area contributed by atoms with Crippen LogP contribution in [0.4, 0.5) is 11.4 Å². The van der Waals surface area contributed by atoms with Crippen molar-refractivity contribution in [2.45, 2.75) is 13.3 Å². The van der Waals surface area contributed by atoms with E-state index in [1.165, 1.54) is 24.1 Å². The third-order valence-corrected chi connectivity index (χ3v) is 3.21. The molecule has 0 fully saturated rings. The fourth-order valence-corrected chi connectivity index (χ4v) is 2.30. The van der Waals surface area contributed by atoms with Crippen molar-refractivity contribution in [3.8, 4) is 0 Å². The van der Waals surface area contributed by atoms with Crippen molar-refractivity contribution in [2.75, 3.05) is 32.1 Å². The van der Waals surface area contributed by atoms with Crippen molar-refractivity contribution in [2.24, 2.45) is 0 Å². The minimum atomic E-state index is -0.593. The van der Waals surface area contributed by atoms with Crippen LogP contribution in [-0.2, 0) is 0 Å². The molecule has 0 aliphatic heterocycles. The number of nitro groups is 1. The second-order valence-corrected chi connectivity index (χ2v) is 4.78. The summed E-state index contributed by atoms with van der Waals surface area (Å²) in [6.45, 7) is 2.36. The van der Waals surface area contributed by atoms with E-state index in [1.807, 2.05) is 6.92 Å². The normalized spacial score (nSPS) is 10.3. The summed E-state index contributed by atoms with van der Waals surface area (Å²) in [5.74, 6) is -0.390. The maximum Gasteiger partial charge on any atom is 0.294 e. The molecule has 21 heavy (non-hydrogen) atoms. The van der Waals surface area contributed by atoms with Gasteiger partial charge in [0.25, 0.3) is 11.6 Å². The van der Waals surface area contributed by atoms with Gasteiger partial charge in [-0.3, -0.25) is 14.9 Å². The molecular weight excluding hydrogens is 298 g/mol. The molecule has 1 amide bonds. The summed E-state index contributed by atoms with van der Waals surface area (Å²) in [7, 11) is 1.52. The molecule has 0 aliphatic carbocycles. The van der Waals surface area contributed by atoms with Gasteiger partial charge in [0.2, 0.25) is 0 Å². The number of amides is 1. The molecule has 116 valence electrons. The fraction of sp³-hybridized carbons (Fsp3) is 0.462. The lowest BCUT2D eigenvalue weighted by atomic mass is 10.1. The number of anilines is 1. The van der Waals surface area contributed by atoms with Gasteiger partial charge in [-0.1, -0.05) is 18.5 Å². The standard InChI is InChI=1S/C13H18ClN3O4/c1-3-4-16(5-6-18)13(19)9-7-10(14)12(15-2)11(8-9)17(20)21/h7-8,15,18H,3-6H2,1-2H3. The number of aliphatic hydroxyl groups excluding tert-OH is 1. The Bertz CT molecular complexity index is 530. The first-order valence-electron chi connectivity index (χ1n) is 6.52. The molecule has 0 aromatic heterocycles. The molecule has 0 spiro atoms. The zero-order valence-electron chi connectivity index (χ0n) is 11.9. The predicted molar refractivity (Wildman–Crippen MR) is 80.9 cm³/mol. The van der Waals surface area contributed by atoms with Crippen LogP contribution >= 0.6 is 11.6 Å². The van der Waals surface area contributed by atoms with Crippen molar-refractivity contribution >= 4 is 28.9 Å². The van der Waals surface area contributed by atoms with Gasteiger partial charge in [-0.15, -0.1) is 0 Å². The van der Waals surface area contributed by atoms with E-state index in [-0.39, 0.29) is 35.1 Å². The van der Waals surface area contributed by atoms with Crippen LogP contribution in [-0.4, -0.2) is 47.6 Å². The Hall–Kier alpha value is -1.86. The second kappa shape index (κ2) is 7.80. The average Bonchev–Trinajstić information content (AvgIpc) is 2.45. The van der Waals surface area contributed by atoms with Gasteiger partial charge in [0.15, 0.2) is 0 Å². The van der Waals surface area contributed by atoms with Crippen molar-refractivity contribution < 1.29 is 14.8 Å². The molecule has 0 saturated heterocycles. The number of nitro benzene ring substituents is 1. The highest BCUT2D eigenvalue weighted by Gasteiger charge is 2.23. The van der Waals surface area contributed by atoms with Crippen LogP contribution in [0.15, 0.2) is 12.1 Å². The summed E-state index contributed by atoms with van der Waals surface area (Å²) in [6, 6.07) is 2.59. The summed E-state index contributed by atoms with van der Waals surface area (Å²) in [4.78, 5) is 24.3. The number of hydrogen-bond donors (Lipinski definition) is 2. The highest BCUT2D eigenvalue weighted by molar-refractivity contribution is 6.34. The van der Waals surface area contributed by atoms with Gasteiger partial charge in [0, 0.05) is 31.8 Å². The van der Waals surface area contributed by atoms with Gasteiger partial charge in [0.1, 0.15) is 5.69 Å². The summed E-state index contributed by atoms with van der Waals surface area (Å²) < 4.78 is 0. The molecule has 2 N–H and O–H groups in total. The van der Waals surface area contributed by atoms with E-state index < -0.39 is 10.8 Å². The van der Waals surface area contributed by atoms with Gasteiger partial charge in [-0.2, -0.15) is 0 Å². The molecule has 0 aliphatic rings. The van der Waals surface area contributed by atoms with Crippen LogP contribution in [0.25, 0.3) is 0 Å². The summed E-state index contributed by atoms with van der Waals surface area (Å²) in [6.07, 6.45) is 0.718. The van der Waals surface area contributed by atoms with Gasteiger partial charge in [-0.25, -0.2) is 0 Å². The number of benzene rings is 1. The minimum absolute atomic E-state index is 0.107. The molecule has 0 bridgehead atoms. The van der Waals surface area contributed by atoms with E-state index >= 15 is 0 Å². The third kappa shape index (κ3) is 4.05. The van der Waals surface area contributed by atoms with E-state index in [4.69, 9.17) is 16.7 Å². The van der Waals surface area contributed by atoms with Crippen LogP contribution < -0.4 is 5.32 Å². The molecular formula is C13H18ClN3O4. The Kier molecular flexibility index (Phi) is 6.39. The molecule has 0 saturated carbocycles. The van der Waals surface area contributed by atoms with Crippen LogP contribution in [0.1, 0.15) is 23.7 Å². The quantitative estimate of drug-likeness (QED) is 0.593. The Morgan fingerprint density at radius 3 is 2.62 bits per heavy atom. The number of rotatable bonds is 7. The topological polar surface area (TPSA) is 95.7 Å². The lowest BCUT2D eigenvalue weighted by Gasteiger charge is -2.21. The summed E-state index contributed by atoms with van der Waals surface area (Å²) in [5, 5.41) is 22.8. The number of carbonyl (C=O) groups is 1. The molecule has 0 unspecified atom stereocenters. The average molecular weight is 316 g/mol. The highest BCUT2D eigenvalue weighted by atomic mass is 35.5. The minimum Gasteiger partial charge on any atom is -0.395 e. The number of nitrogens with one attached hydrogen (secondary N) is 1. The number of halogens is 1. The van der Waals surface area contributed by atoms with Crippen molar-refractivity contribution in [1.29, 1.82) is 0 Å². The maximum absolute atomic E-state index is 12.4. The largest absolute Gasteiger partial charge is 0.395 e. The first-order valence-corrected chi connectivity index (χ1v) is 6.89. The molecule has 8 heteroatoms. The van der Waals surface area contributed by atoms with Crippen LogP contribution in [0, 0.1) is 10.1 Å². The number of carbonyl (C=O) groups excluding carboxylic acids is 1. The highest BCUT2D eigenvalue weighted by Crippen LogP contribution is 2.33. The SMILES string of the molecule is CCCN(CCO)C(=O)c1cc(Cl)c(NC)c([N+](=O)[O-])c1. The third-order valence-electron chi connectivity index (χ3n) is 2.91. The lowest BCUT2D eigenvalue weighted by Crippen LogP contribution is -2.34. The molecule has 1 rings (SSSR count). The first-order chi connectivity index (χ1) is 9.96. The molecule has 7 nitrogen and oxygen atoms in total. The van der Waals surface area contributed by atoms with Crippen molar-refractivity contribution in [1.82, 2.24) is 4.90 Å². The van der Waals surface area contributed by atoms with Crippen LogP contribution in [0.2, 0.25) is 5.02 Å². The monoisotopic (exact) mass is 315 g/mol. The van der Waals surface area contributed by atoms with E-state index in [0.717, 1.165) is 6.42 Å². The van der Waals surface area contributed by atoms with E-state index in [0.29, 0.717) is 6.54 Å². The van der Waals surface area contributed by atoms with E-state index in [2.05, 4.69) is 5.32 Å². The Morgan fingerprint density at radius 1 is 1.48 bits per heavy atom. The Morgan fingerprint density at radius 2 is 2.14 bits per heavy atom. The molecule has 0 radical (unpaired) electrons. The first kappa shape index (κ1) is 17.2. The maximum atomic E-state index is 12.4. The predicted octanol–water partition coefficient (Wildman–Crippen LogP) is 2.13. The van der Waals surface area contributed by atoms with Gasteiger partial charge < -0.3 is 15.3 Å². The van der Waals surface area contributed by atoms with Gasteiger partial charge >= 0.3 is 0 Å². The molecule has 1 aromatic rings. The zero-order chi connectivity index (χ0) is 16.0. The number of nitrogens with zero attached hydrogens (tertiary/aromatic N) is 2. The second-order valence-electron chi connectivity index (χ2n) is 4.38. The molecule has 1 aromatic carbocycles. The van der Waals surface area contributed by atoms with Gasteiger partial charge in [-0.05, 0) is 12.5 Å². The fourth-order valence-electron chi connectivity index (χ4n) is 2.00. The lowest BCUT2D eigenvalue weighted by molar-refractivity contribution is -0.384. The smallest absolute Gasteiger partial charge is 0.294 e. The van der Waals surface area contributed by atoms with Crippen LogP contribution in [0.5, 0.6) is 0 Å². The van der Waals surface area contributed by atoms with E-state index in [1.54, 1.807) is 0 Å². The molecule has 0 heterocycles. The van der Waals surface area contributed by atoms with Gasteiger partial charge in [0.05, 0.1) is 16.6 Å². The summed E-state index contributed by atoms with van der Waals surface area (Å²) in [5.41, 5.74) is 0.0452. The zero-order valence-corrected chi connectivity index (χ0v) is 12.7.